The summed E-state index contributed by atoms with van der Waals surface area (Å²) < 4.78 is 12.2. The number of aryl methyl sites for hydroxylation is 2. The molecule has 0 aliphatic carbocycles. The van der Waals surface area contributed by atoms with E-state index in [-0.39, 0.29) is 5.97 Å². The standard InChI is InChI=1S/C23H24N2O2S4/c1-2-24-10-5-18(6-11-24)19-7-12-25(13-8-19)9-3-4-14-27-21(26)20-17-30-23(31-20)22-28-15-16-29-22/h5-8,10-13,15-17H,2-4,9,14H2,1H3/q+2. The molecule has 0 saturated heterocycles. The van der Waals surface area contributed by atoms with Crippen molar-refractivity contribution in [1.82, 2.24) is 0 Å². The van der Waals surface area contributed by atoms with Crippen molar-refractivity contribution in [3.05, 3.63) is 78.7 Å². The van der Waals surface area contributed by atoms with Gasteiger partial charge >= 0.3 is 5.97 Å². The number of rotatable bonds is 8. The Morgan fingerprint density at radius 3 is 2.16 bits per heavy atom. The van der Waals surface area contributed by atoms with Gasteiger partial charge in [-0.3, -0.25) is 0 Å². The lowest BCUT2D eigenvalue weighted by Crippen LogP contribution is -2.32. The Hall–Kier alpha value is -1.61. The molecule has 0 saturated carbocycles. The molecule has 8 heteroatoms. The molecule has 4 nitrogen and oxygen atoms in total. The first-order chi connectivity index (χ1) is 15.2. The van der Waals surface area contributed by atoms with E-state index in [0.29, 0.717) is 11.5 Å². The highest BCUT2D eigenvalue weighted by Crippen LogP contribution is 2.53. The van der Waals surface area contributed by atoms with Gasteiger partial charge < -0.3 is 4.74 Å². The fourth-order valence-electron chi connectivity index (χ4n) is 3.03. The summed E-state index contributed by atoms with van der Waals surface area (Å²) in [4.78, 5) is 13.0. The lowest BCUT2D eigenvalue weighted by Gasteiger charge is -2.05. The number of unbranched alkanes of at least 4 members (excludes halogenated alkanes) is 1. The average Bonchev–Trinajstić information content (AvgIpc) is 3.51. The average molecular weight is 489 g/mol. The molecule has 0 atom stereocenters. The van der Waals surface area contributed by atoms with Gasteiger partial charge in [0.15, 0.2) is 24.8 Å². The number of carbonyl (C=O) groups is 1. The Kier molecular flexibility index (Phi) is 8.24. The molecular formula is C23H24N2O2S4+2. The maximum Gasteiger partial charge on any atom is 0.345 e. The minimum Gasteiger partial charge on any atom is -0.462 e. The lowest BCUT2D eigenvalue weighted by molar-refractivity contribution is -0.697. The molecule has 0 radical (unpaired) electrons. The third-order valence-electron chi connectivity index (χ3n) is 4.77. The van der Waals surface area contributed by atoms with Crippen LogP contribution in [0, 0.1) is 0 Å². The number of esters is 1. The number of pyridine rings is 2. The third-order valence-corrected chi connectivity index (χ3v) is 9.77. The van der Waals surface area contributed by atoms with Crippen LogP contribution in [-0.4, -0.2) is 12.6 Å². The maximum absolute atomic E-state index is 12.3. The fraction of sp³-hybridized carbons (Fsp3) is 0.261. The van der Waals surface area contributed by atoms with Crippen LogP contribution in [0.5, 0.6) is 0 Å². The van der Waals surface area contributed by atoms with Crippen molar-refractivity contribution in [1.29, 1.82) is 0 Å². The van der Waals surface area contributed by atoms with E-state index in [0.717, 1.165) is 25.9 Å². The Bertz CT molecular complexity index is 1000. The van der Waals surface area contributed by atoms with Crippen LogP contribution in [0.15, 0.2) is 78.7 Å². The normalized spacial score (nSPS) is 15.5. The van der Waals surface area contributed by atoms with E-state index in [1.54, 1.807) is 35.3 Å². The first-order valence-corrected chi connectivity index (χ1v) is 13.6. The van der Waals surface area contributed by atoms with Crippen molar-refractivity contribution in [3.63, 3.8) is 0 Å². The second-order valence-electron chi connectivity index (χ2n) is 6.87. The minimum absolute atomic E-state index is 0.210. The number of aromatic nitrogens is 2. The SMILES string of the molecule is CC[n+]1ccc(-c2cc[n+](CCCCOC(=O)C3=CSC(=C4SC=CS4)S3)cc2)cc1. The summed E-state index contributed by atoms with van der Waals surface area (Å²) in [5.41, 5.74) is 2.44. The number of hydrogen-bond donors (Lipinski definition) is 0. The molecule has 0 bridgehead atoms. The van der Waals surface area contributed by atoms with Gasteiger partial charge in [-0.2, -0.15) is 0 Å². The van der Waals surface area contributed by atoms with Crippen molar-refractivity contribution in [2.75, 3.05) is 6.61 Å². The van der Waals surface area contributed by atoms with Gasteiger partial charge in [-0.05, 0) is 40.7 Å². The predicted molar refractivity (Wildman–Crippen MR) is 133 cm³/mol. The van der Waals surface area contributed by atoms with Crippen molar-refractivity contribution < 1.29 is 18.7 Å². The Morgan fingerprint density at radius 1 is 0.871 bits per heavy atom. The molecule has 0 spiro atoms. The quantitative estimate of drug-likeness (QED) is 0.271. The third kappa shape index (κ3) is 6.22. The van der Waals surface area contributed by atoms with Crippen LogP contribution in [0.25, 0.3) is 11.1 Å². The summed E-state index contributed by atoms with van der Waals surface area (Å²) in [6.07, 6.45) is 10.3. The first kappa shape index (κ1) is 22.6. The van der Waals surface area contributed by atoms with E-state index in [2.05, 4.69) is 75.9 Å². The van der Waals surface area contributed by atoms with Crippen LogP contribution >= 0.6 is 47.0 Å². The second-order valence-corrected chi connectivity index (χ2v) is 11.2. The van der Waals surface area contributed by atoms with E-state index in [1.165, 1.54) is 31.4 Å². The molecule has 0 N–H and O–H groups in total. The molecule has 4 rings (SSSR count). The highest BCUT2D eigenvalue weighted by molar-refractivity contribution is 8.33. The second kappa shape index (κ2) is 11.3. The van der Waals surface area contributed by atoms with Gasteiger partial charge in [0, 0.05) is 30.7 Å². The van der Waals surface area contributed by atoms with Crippen molar-refractivity contribution in [3.8, 4) is 11.1 Å². The lowest BCUT2D eigenvalue weighted by atomic mass is 10.1. The number of thioether (sulfide) groups is 4. The van der Waals surface area contributed by atoms with E-state index in [1.807, 2.05) is 5.41 Å². The molecule has 2 aromatic heterocycles. The van der Waals surface area contributed by atoms with Gasteiger partial charge in [0.25, 0.3) is 0 Å². The molecular weight excluding hydrogens is 465 g/mol. The molecule has 31 heavy (non-hydrogen) atoms. The van der Waals surface area contributed by atoms with E-state index >= 15 is 0 Å². The van der Waals surface area contributed by atoms with Crippen LogP contribution in [-0.2, 0) is 22.6 Å². The first-order valence-electron chi connectivity index (χ1n) is 10.2. The van der Waals surface area contributed by atoms with Crippen molar-refractivity contribution >= 4 is 53.0 Å². The predicted octanol–water partition coefficient (Wildman–Crippen LogP) is 5.67. The topological polar surface area (TPSA) is 34.1 Å². The Labute approximate surface area is 200 Å². The van der Waals surface area contributed by atoms with Crippen LogP contribution in [0.3, 0.4) is 0 Å². The number of carbonyl (C=O) groups excluding carboxylic acids is 1. The molecule has 4 heterocycles. The fourth-order valence-corrected chi connectivity index (χ4v) is 7.36. The number of ether oxygens (including phenoxy) is 1. The van der Waals surface area contributed by atoms with Crippen LogP contribution < -0.4 is 9.13 Å². The highest BCUT2D eigenvalue weighted by Gasteiger charge is 2.24. The zero-order chi connectivity index (χ0) is 21.5. The maximum atomic E-state index is 12.3. The smallest absolute Gasteiger partial charge is 0.345 e. The molecule has 0 amide bonds. The Morgan fingerprint density at radius 2 is 1.52 bits per heavy atom. The molecule has 2 aromatic rings. The summed E-state index contributed by atoms with van der Waals surface area (Å²) in [5.74, 6) is -0.210. The van der Waals surface area contributed by atoms with Crippen LogP contribution in [0.1, 0.15) is 19.8 Å². The molecule has 0 unspecified atom stereocenters. The van der Waals surface area contributed by atoms with Crippen molar-refractivity contribution in [2.24, 2.45) is 0 Å². The number of nitrogens with zero attached hydrogens (tertiary/aromatic N) is 2. The van der Waals surface area contributed by atoms with Crippen LogP contribution in [0.4, 0.5) is 0 Å². The van der Waals surface area contributed by atoms with Gasteiger partial charge in [-0.15, -0.1) is 0 Å². The summed E-state index contributed by atoms with van der Waals surface area (Å²) in [7, 11) is 0. The van der Waals surface area contributed by atoms with E-state index in [4.69, 9.17) is 4.74 Å². The molecule has 160 valence electrons. The van der Waals surface area contributed by atoms with Gasteiger partial charge in [0.2, 0.25) is 0 Å². The number of hydrogen-bond acceptors (Lipinski definition) is 6. The van der Waals surface area contributed by atoms with Gasteiger partial charge in [0.1, 0.15) is 18.0 Å². The monoisotopic (exact) mass is 488 g/mol. The molecule has 0 fully saturated rings. The largest absolute Gasteiger partial charge is 0.462 e. The highest BCUT2D eigenvalue weighted by atomic mass is 32.2. The van der Waals surface area contributed by atoms with E-state index in [9.17, 15) is 4.79 Å². The zero-order valence-electron chi connectivity index (χ0n) is 17.2. The van der Waals surface area contributed by atoms with Gasteiger partial charge in [-0.1, -0.05) is 47.0 Å². The van der Waals surface area contributed by atoms with Crippen LogP contribution in [0.2, 0.25) is 0 Å². The molecule has 0 aromatic carbocycles. The molecule has 2 aliphatic rings. The zero-order valence-corrected chi connectivity index (χ0v) is 20.5. The van der Waals surface area contributed by atoms with Gasteiger partial charge in [-0.25, -0.2) is 13.9 Å². The summed E-state index contributed by atoms with van der Waals surface area (Å²) >= 11 is 6.55. The Balaban J connectivity index is 1.16. The van der Waals surface area contributed by atoms with Crippen molar-refractivity contribution in [2.45, 2.75) is 32.9 Å². The molecule has 2 aliphatic heterocycles. The summed E-state index contributed by atoms with van der Waals surface area (Å²) in [5, 5.41) is 6.04. The summed E-state index contributed by atoms with van der Waals surface area (Å²) in [6, 6.07) is 8.59. The van der Waals surface area contributed by atoms with Gasteiger partial charge in [0.05, 0.1) is 15.1 Å². The summed E-state index contributed by atoms with van der Waals surface area (Å²) in [6.45, 7) is 4.48. The minimum atomic E-state index is -0.210. The van der Waals surface area contributed by atoms with E-state index < -0.39 is 0 Å².